The van der Waals surface area contributed by atoms with Crippen molar-refractivity contribution < 1.29 is 3.18 Å². The Bertz CT molecular complexity index is 10.8. The van der Waals surface area contributed by atoms with Gasteiger partial charge in [0.2, 0.25) is 0 Å². The Morgan fingerprint density at radius 3 is 1.50 bits per heavy atom. The van der Waals surface area contributed by atoms with E-state index in [-0.39, 0.29) is 0 Å². The van der Waals surface area contributed by atoms with E-state index < -0.39 is 19.8 Å². The van der Waals surface area contributed by atoms with Crippen LogP contribution in [-0.4, -0.2) is 23.0 Å². The molecular formula is HBiCl2O. The predicted octanol–water partition coefficient (Wildman–Crippen LogP) is 0.441. The summed E-state index contributed by atoms with van der Waals surface area (Å²) < 4.78 is 7.79. The van der Waals surface area contributed by atoms with Crippen molar-refractivity contribution in [3.05, 3.63) is 0 Å². The first kappa shape index (κ1) is 5.42. The van der Waals surface area contributed by atoms with Gasteiger partial charge in [0.15, 0.2) is 0 Å². The van der Waals surface area contributed by atoms with E-state index in [1.807, 2.05) is 0 Å². The predicted molar refractivity (Wildman–Crippen MR) is 19.7 cm³/mol. The summed E-state index contributed by atoms with van der Waals surface area (Å²) in [6.07, 6.45) is 0. The van der Waals surface area contributed by atoms with E-state index in [1.54, 1.807) is 0 Å². The Morgan fingerprint density at radius 1 is 1.50 bits per heavy atom. The van der Waals surface area contributed by atoms with Gasteiger partial charge in [0.05, 0.1) is 0 Å². The van der Waals surface area contributed by atoms with Crippen LogP contribution in [0.2, 0.25) is 0 Å². The first-order chi connectivity index (χ1) is 1.73. The molecule has 0 heterocycles. The molecule has 0 aromatic rings. The zero-order chi connectivity index (χ0) is 3.58. The van der Waals surface area contributed by atoms with Gasteiger partial charge >= 0.3 is 40.0 Å². The van der Waals surface area contributed by atoms with Crippen molar-refractivity contribution in [2.24, 2.45) is 0 Å². The average Bonchev–Trinajstić information content (AvgIpc) is 0.811. The van der Waals surface area contributed by atoms with Gasteiger partial charge in [-0.1, -0.05) is 0 Å². The molecule has 1 N–H and O–H groups in total. The topological polar surface area (TPSA) is 20.2 Å². The van der Waals surface area contributed by atoms with Crippen LogP contribution in [0.1, 0.15) is 0 Å². The van der Waals surface area contributed by atoms with Crippen LogP contribution in [0.5, 0.6) is 0 Å². The fraction of sp³-hybridized carbons (Fsp3) is 0. The molecule has 0 aliphatic rings. The van der Waals surface area contributed by atoms with E-state index >= 15 is 0 Å². The second-order valence-electron chi connectivity index (χ2n) is 0.215. The molecule has 0 aromatic heterocycles. The van der Waals surface area contributed by atoms with Gasteiger partial charge in [-0.3, -0.25) is 0 Å². The van der Waals surface area contributed by atoms with Crippen molar-refractivity contribution in [2.75, 3.05) is 0 Å². The molecule has 4 heteroatoms. The van der Waals surface area contributed by atoms with Crippen LogP contribution in [0.25, 0.3) is 0 Å². The summed E-state index contributed by atoms with van der Waals surface area (Å²) >= 11 is -2.65. The molecule has 26 valence electrons. The van der Waals surface area contributed by atoms with Crippen LogP contribution >= 0.6 is 17.0 Å². The van der Waals surface area contributed by atoms with E-state index in [9.17, 15) is 0 Å². The van der Waals surface area contributed by atoms with Crippen molar-refractivity contribution in [1.82, 2.24) is 0 Å². The third kappa shape index (κ3) is 9.92. The van der Waals surface area contributed by atoms with Gasteiger partial charge in [-0.05, 0) is 0 Å². The standard InChI is InChI=1S/Bi.2ClH.H2O/h;2*1H;1H2/q+3;;;/p-3. The SMILES string of the molecule is [OH][Bi]([Cl])[Cl]. The van der Waals surface area contributed by atoms with Crippen LogP contribution < -0.4 is 0 Å². The summed E-state index contributed by atoms with van der Waals surface area (Å²) in [4.78, 5) is 0. The molecule has 0 bridgehead atoms. The summed E-state index contributed by atoms with van der Waals surface area (Å²) in [6, 6.07) is 0. The van der Waals surface area contributed by atoms with Gasteiger partial charge in [-0.2, -0.15) is 0 Å². The van der Waals surface area contributed by atoms with Crippen molar-refractivity contribution in [2.45, 2.75) is 0 Å². The third-order valence-electron chi connectivity index (χ3n) is 0. The monoisotopic (exact) mass is 296 g/mol. The minimum absolute atomic E-state index is 2.65. The first-order valence-corrected chi connectivity index (χ1v) is 10.7. The molecule has 0 aliphatic heterocycles. The summed E-state index contributed by atoms with van der Waals surface area (Å²) in [5, 5.41) is 0. The van der Waals surface area contributed by atoms with Gasteiger partial charge in [0, 0.05) is 0 Å². The van der Waals surface area contributed by atoms with Crippen LogP contribution in [0, 0.1) is 0 Å². The number of halogens is 2. The van der Waals surface area contributed by atoms with Gasteiger partial charge in [0.1, 0.15) is 0 Å². The van der Waals surface area contributed by atoms with Crippen LogP contribution in [0.3, 0.4) is 0 Å². The molecule has 0 saturated heterocycles. The summed E-state index contributed by atoms with van der Waals surface area (Å²) in [6.45, 7) is 0. The fourth-order valence-corrected chi connectivity index (χ4v) is 0. The molecule has 0 atom stereocenters. The third-order valence-corrected chi connectivity index (χ3v) is 0. The maximum absolute atomic E-state index is 7.79. The number of hydrogen-bond acceptors (Lipinski definition) is 1. The van der Waals surface area contributed by atoms with E-state index in [0.717, 1.165) is 0 Å². The van der Waals surface area contributed by atoms with Crippen molar-refractivity contribution in [3.63, 3.8) is 0 Å². The Morgan fingerprint density at radius 2 is 1.50 bits per heavy atom. The second kappa shape index (κ2) is 2.65. The van der Waals surface area contributed by atoms with Gasteiger partial charge in [-0.15, -0.1) is 0 Å². The summed E-state index contributed by atoms with van der Waals surface area (Å²) in [5.74, 6) is 0. The quantitative estimate of drug-likeness (QED) is 0.643. The summed E-state index contributed by atoms with van der Waals surface area (Å²) in [7, 11) is 9.60. The van der Waals surface area contributed by atoms with Crippen molar-refractivity contribution in [1.29, 1.82) is 0 Å². The zero-order valence-electron chi connectivity index (χ0n) is 1.65. The Labute approximate surface area is 39.9 Å². The van der Waals surface area contributed by atoms with Gasteiger partial charge in [0.25, 0.3) is 0 Å². The molecule has 0 radical (unpaired) electrons. The number of hydrogen-bond donors (Lipinski definition) is 1. The molecular weight excluding hydrogens is 296 g/mol. The molecule has 0 aromatic carbocycles. The molecule has 1 nitrogen and oxygen atoms in total. The van der Waals surface area contributed by atoms with E-state index in [1.165, 1.54) is 0 Å². The average molecular weight is 297 g/mol. The maximum atomic E-state index is 7.79. The second-order valence-corrected chi connectivity index (χ2v) is 9.03. The van der Waals surface area contributed by atoms with Gasteiger partial charge in [-0.25, -0.2) is 0 Å². The molecule has 0 fully saturated rings. The van der Waals surface area contributed by atoms with Crippen molar-refractivity contribution >= 4 is 36.8 Å². The molecule has 0 unspecified atom stereocenters. The molecule has 0 saturated carbocycles. The van der Waals surface area contributed by atoms with E-state index in [4.69, 9.17) is 20.2 Å². The molecule has 0 amide bonds. The van der Waals surface area contributed by atoms with E-state index in [2.05, 4.69) is 0 Å². The van der Waals surface area contributed by atoms with Crippen molar-refractivity contribution in [3.8, 4) is 0 Å². The van der Waals surface area contributed by atoms with Crippen LogP contribution in [0.4, 0.5) is 0 Å². The molecule has 4 heavy (non-hydrogen) atoms. The Balaban J connectivity index is 2.32. The normalized spacial score (nSPS) is 9.00. The van der Waals surface area contributed by atoms with Crippen LogP contribution in [0.15, 0.2) is 0 Å². The minimum atomic E-state index is -2.65. The Kier molecular flexibility index (Phi) is 3.59. The zero-order valence-corrected chi connectivity index (χ0v) is 6.64. The molecule has 0 spiro atoms. The first-order valence-electron chi connectivity index (χ1n) is 0.538. The van der Waals surface area contributed by atoms with Gasteiger partial charge < -0.3 is 0 Å². The summed E-state index contributed by atoms with van der Waals surface area (Å²) in [5.41, 5.74) is 0. The van der Waals surface area contributed by atoms with E-state index in [0.29, 0.717) is 0 Å². The number of rotatable bonds is 0. The van der Waals surface area contributed by atoms with Crippen LogP contribution in [-0.2, 0) is 0 Å². The fourth-order valence-electron chi connectivity index (χ4n) is 0. The molecule has 0 aliphatic carbocycles. The Hall–Kier alpha value is 1.42. The molecule has 0 rings (SSSR count).